The minimum absolute atomic E-state index is 0.0823. The van der Waals surface area contributed by atoms with Crippen molar-refractivity contribution in [3.63, 3.8) is 0 Å². The zero-order valence-electron chi connectivity index (χ0n) is 17.7. The van der Waals surface area contributed by atoms with E-state index in [1.807, 2.05) is 18.7 Å². The molecule has 1 saturated heterocycles. The van der Waals surface area contributed by atoms with Gasteiger partial charge in [-0.15, -0.1) is 0 Å². The zero-order chi connectivity index (χ0) is 20.2. The summed E-state index contributed by atoms with van der Waals surface area (Å²) in [7, 11) is 1.97. The average Bonchev–Trinajstić information content (AvgIpc) is 3.07. The molecule has 2 heterocycles. The van der Waals surface area contributed by atoms with E-state index < -0.39 is 0 Å². The number of amides is 1. The Morgan fingerprint density at radius 3 is 2.76 bits per heavy atom. The number of quaternary nitrogens is 1. The highest BCUT2D eigenvalue weighted by Crippen LogP contribution is 2.27. The van der Waals surface area contributed by atoms with Crippen LogP contribution in [0.15, 0.2) is 30.3 Å². The van der Waals surface area contributed by atoms with Crippen LogP contribution < -0.4 is 4.90 Å². The van der Waals surface area contributed by atoms with E-state index in [1.165, 1.54) is 16.0 Å². The molecule has 6 nitrogen and oxygen atoms in total. The number of nitrogens with zero attached hydrogens (tertiary/aromatic N) is 3. The molecule has 1 N–H and O–H groups in total. The zero-order valence-corrected chi connectivity index (χ0v) is 17.7. The number of aryl methyl sites for hydroxylation is 3. The summed E-state index contributed by atoms with van der Waals surface area (Å²) in [4.78, 5) is 17.2. The van der Waals surface area contributed by atoms with Crippen molar-refractivity contribution >= 4 is 5.91 Å². The lowest BCUT2D eigenvalue weighted by molar-refractivity contribution is -0.907. The maximum Gasteiger partial charge on any atom is 0.226 e. The molecule has 0 bridgehead atoms. The second kappa shape index (κ2) is 9.09. The Hall–Kier alpha value is -2.18. The van der Waals surface area contributed by atoms with Gasteiger partial charge in [0, 0.05) is 13.0 Å². The Balaban J connectivity index is 1.47. The largest absolute Gasteiger partial charge is 0.370 e. The first-order valence-corrected chi connectivity index (χ1v) is 10.9. The summed E-state index contributed by atoms with van der Waals surface area (Å²) in [5.41, 5.74) is 4.85. The van der Waals surface area contributed by atoms with Gasteiger partial charge in [-0.2, -0.15) is 5.10 Å². The number of nitrogens with one attached hydrogen (secondary N) is 1. The molecule has 29 heavy (non-hydrogen) atoms. The van der Waals surface area contributed by atoms with E-state index in [4.69, 9.17) is 4.74 Å². The number of benzene rings is 1. The smallest absolute Gasteiger partial charge is 0.226 e. The van der Waals surface area contributed by atoms with Gasteiger partial charge in [-0.1, -0.05) is 24.3 Å². The normalized spacial score (nSPS) is 19.7. The van der Waals surface area contributed by atoms with E-state index >= 15 is 0 Å². The highest BCUT2D eigenvalue weighted by atomic mass is 16.5. The number of rotatable bonds is 6. The molecular formula is C23H33N4O2+. The van der Waals surface area contributed by atoms with Crippen LogP contribution >= 0.6 is 0 Å². The van der Waals surface area contributed by atoms with Crippen molar-refractivity contribution in [2.75, 3.05) is 39.4 Å². The second-order valence-electron chi connectivity index (χ2n) is 8.48. The standard InChI is InChI=1S/C23H32N4O2/c1-18-15-22(25(2)24-18)17-27(10-9-26-11-13-29-14-12-26)23(28)21-8-7-19-5-3-4-6-20(19)16-21/h3-6,15,21H,7-14,16-17H2,1-2H3/p+1/t21-/m1/s1. The number of morpholine rings is 1. The van der Waals surface area contributed by atoms with Gasteiger partial charge in [0.1, 0.15) is 13.1 Å². The van der Waals surface area contributed by atoms with E-state index in [-0.39, 0.29) is 5.92 Å². The highest BCUT2D eigenvalue weighted by Gasteiger charge is 2.29. The lowest BCUT2D eigenvalue weighted by Crippen LogP contribution is -3.14. The van der Waals surface area contributed by atoms with Crippen LogP contribution in [0.2, 0.25) is 0 Å². The monoisotopic (exact) mass is 397 g/mol. The highest BCUT2D eigenvalue weighted by molar-refractivity contribution is 5.79. The third kappa shape index (κ3) is 4.87. The number of ether oxygens (including phenoxy) is 1. The number of hydrogen-bond acceptors (Lipinski definition) is 3. The summed E-state index contributed by atoms with van der Waals surface area (Å²) in [6.45, 7) is 8.12. The van der Waals surface area contributed by atoms with Crippen LogP contribution in [0.4, 0.5) is 0 Å². The predicted octanol–water partition coefficient (Wildman–Crippen LogP) is 0.777. The molecule has 1 aromatic heterocycles. The number of carbonyl (C=O) groups is 1. The van der Waals surface area contributed by atoms with Crippen molar-refractivity contribution < 1.29 is 14.4 Å². The maximum absolute atomic E-state index is 13.6. The summed E-state index contributed by atoms with van der Waals surface area (Å²) < 4.78 is 7.39. The van der Waals surface area contributed by atoms with Crippen molar-refractivity contribution in [3.05, 3.63) is 52.8 Å². The van der Waals surface area contributed by atoms with E-state index in [1.54, 1.807) is 0 Å². The SMILES string of the molecule is Cc1cc(CN(CC[NH+]2CCOCC2)C(=O)[C@@H]2CCc3ccccc3C2)n(C)n1. The Morgan fingerprint density at radius 2 is 2.03 bits per heavy atom. The summed E-state index contributed by atoms with van der Waals surface area (Å²) in [6.07, 6.45) is 2.81. The first kappa shape index (κ1) is 20.1. The van der Waals surface area contributed by atoms with Crippen LogP contribution in [0.1, 0.15) is 28.9 Å². The summed E-state index contributed by atoms with van der Waals surface area (Å²) in [5, 5.41) is 4.47. The van der Waals surface area contributed by atoms with Crippen molar-refractivity contribution in [3.8, 4) is 0 Å². The van der Waals surface area contributed by atoms with Gasteiger partial charge in [0.05, 0.1) is 44.2 Å². The molecule has 6 heteroatoms. The Bertz CT molecular complexity index is 841. The third-order valence-electron chi connectivity index (χ3n) is 6.39. The van der Waals surface area contributed by atoms with Gasteiger partial charge < -0.3 is 14.5 Å². The lowest BCUT2D eigenvalue weighted by Gasteiger charge is -2.32. The fourth-order valence-corrected chi connectivity index (χ4v) is 4.64. The number of fused-ring (bicyclic) bond motifs is 1. The summed E-state index contributed by atoms with van der Waals surface area (Å²) in [6, 6.07) is 10.7. The van der Waals surface area contributed by atoms with Crippen LogP contribution in [0.25, 0.3) is 0 Å². The topological polar surface area (TPSA) is 51.8 Å². The van der Waals surface area contributed by atoms with Crippen LogP contribution in [0, 0.1) is 12.8 Å². The van der Waals surface area contributed by atoms with Crippen molar-refractivity contribution in [1.82, 2.24) is 14.7 Å². The molecule has 1 amide bonds. The van der Waals surface area contributed by atoms with Crippen LogP contribution in [-0.4, -0.2) is 60.0 Å². The number of aromatic nitrogens is 2. The molecule has 0 unspecified atom stereocenters. The van der Waals surface area contributed by atoms with Gasteiger partial charge in [-0.05, 0) is 43.4 Å². The van der Waals surface area contributed by atoms with Gasteiger partial charge in [-0.25, -0.2) is 0 Å². The molecule has 1 aliphatic carbocycles. The number of hydrogen-bond donors (Lipinski definition) is 1. The molecule has 0 radical (unpaired) electrons. The summed E-state index contributed by atoms with van der Waals surface area (Å²) >= 11 is 0. The first-order chi connectivity index (χ1) is 14.1. The van der Waals surface area contributed by atoms with E-state index in [0.29, 0.717) is 12.5 Å². The first-order valence-electron chi connectivity index (χ1n) is 10.9. The lowest BCUT2D eigenvalue weighted by atomic mass is 9.83. The number of carbonyl (C=O) groups excluding carboxylic acids is 1. The molecular weight excluding hydrogens is 364 g/mol. The van der Waals surface area contributed by atoms with Gasteiger partial charge in [-0.3, -0.25) is 9.48 Å². The second-order valence-corrected chi connectivity index (χ2v) is 8.48. The van der Waals surface area contributed by atoms with Crippen molar-refractivity contribution in [2.24, 2.45) is 13.0 Å². The van der Waals surface area contributed by atoms with Crippen LogP contribution in [0.5, 0.6) is 0 Å². The quantitative estimate of drug-likeness (QED) is 0.784. The molecule has 1 aromatic carbocycles. The van der Waals surface area contributed by atoms with E-state index in [9.17, 15) is 4.79 Å². The van der Waals surface area contributed by atoms with Crippen molar-refractivity contribution in [2.45, 2.75) is 32.7 Å². The molecule has 2 aliphatic rings. The molecule has 1 aliphatic heterocycles. The van der Waals surface area contributed by atoms with E-state index in [0.717, 1.165) is 70.0 Å². The van der Waals surface area contributed by atoms with E-state index in [2.05, 4.69) is 40.3 Å². The Morgan fingerprint density at radius 1 is 1.28 bits per heavy atom. The Kier molecular flexibility index (Phi) is 6.31. The molecule has 2 aromatic rings. The van der Waals surface area contributed by atoms with Crippen molar-refractivity contribution in [1.29, 1.82) is 0 Å². The van der Waals surface area contributed by atoms with Gasteiger partial charge in [0.25, 0.3) is 0 Å². The molecule has 1 fully saturated rings. The minimum atomic E-state index is 0.0823. The van der Waals surface area contributed by atoms with Gasteiger partial charge >= 0.3 is 0 Å². The molecule has 4 rings (SSSR count). The maximum atomic E-state index is 13.6. The van der Waals surface area contributed by atoms with Crippen LogP contribution in [0.3, 0.4) is 0 Å². The fourth-order valence-electron chi connectivity index (χ4n) is 4.64. The molecule has 1 atom stereocenters. The minimum Gasteiger partial charge on any atom is -0.370 e. The molecule has 156 valence electrons. The van der Waals surface area contributed by atoms with Crippen LogP contribution in [-0.2, 0) is 36.0 Å². The third-order valence-corrected chi connectivity index (χ3v) is 6.39. The Labute approximate surface area is 173 Å². The fraction of sp³-hybridized carbons (Fsp3) is 0.565. The predicted molar refractivity (Wildman–Crippen MR) is 112 cm³/mol. The van der Waals surface area contributed by atoms with Gasteiger partial charge in [0.2, 0.25) is 5.91 Å². The average molecular weight is 398 g/mol. The molecule has 0 saturated carbocycles. The summed E-state index contributed by atoms with van der Waals surface area (Å²) in [5.74, 6) is 0.380. The van der Waals surface area contributed by atoms with Gasteiger partial charge in [0.15, 0.2) is 0 Å². The molecule has 0 spiro atoms.